The number of halogens is 3. The molecule has 3 aliphatic rings. The Hall–Kier alpha value is -2.33. The Morgan fingerprint density at radius 3 is 2.52 bits per heavy atom. The molecule has 1 aliphatic heterocycles. The minimum Gasteiger partial charge on any atom is -0.398 e. The zero-order valence-corrected chi connectivity index (χ0v) is 19.2. The van der Waals surface area contributed by atoms with Crippen LogP contribution in [-0.4, -0.2) is 35.8 Å². The van der Waals surface area contributed by atoms with E-state index in [0.717, 1.165) is 42.5 Å². The Morgan fingerprint density at radius 1 is 1.18 bits per heavy atom. The van der Waals surface area contributed by atoms with E-state index in [-0.39, 0.29) is 31.0 Å². The Bertz CT molecular complexity index is 1180. The van der Waals surface area contributed by atoms with Crippen molar-refractivity contribution < 1.29 is 21.6 Å². The molecule has 1 aromatic heterocycles. The van der Waals surface area contributed by atoms with Gasteiger partial charge in [0, 0.05) is 36.7 Å². The number of nitrogens with two attached hydrogens (primary N) is 1. The van der Waals surface area contributed by atoms with Gasteiger partial charge < -0.3 is 10.6 Å². The van der Waals surface area contributed by atoms with Crippen molar-refractivity contribution in [2.24, 2.45) is 5.92 Å². The lowest BCUT2D eigenvalue weighted by Crippen LogP contribution is -2.47. The van der Waals surface area contributed by atoms with Crippen molar-refractivity contribution >= 4 is 21.4 Å². The second kappa shape index (κ2) is 7.87. The maximum absolute atomic E-state index is 13.6. The zero-order valence-electron chi connectivity index (χ0n) is 18.3. The summed E-state index contributed by atoms with van der Waals surface area (Å²) in [6.07, 6.45) is 5.34. The summed E-state index contributed by atoms with van der Waals surface area (Å²) in [5.74, 6) is 0.400. The van der Waals surface area contributed by atoms with Gasteiger partial charge >= 0.3 is 15.5 Å². The summed E-state index contributed by atoms with van der Waals surface area (Å²) in [6.45, 7) is 1.74. The van der Waals surface area contributed by atoms with Gasteiger partial charge in [-0.05, 0) is 73.3 Å². The second-order valence-corrected chi connectivity index (χ2v) is 11.4. The van der Waals surface area contributed by atoms with Crippen molar-refractivity contribution in [3.63, 3.8) is 0 Å². The number of pyridine rings is 1. The molecule has 1 atom stereocenters. The largest absolute Gasteiger partial charge is 0.511 e. The molecule has 2 saturated carbocycles. The first-order valence-electron chi connectivity index (χ1n) is 11.2. The number of alkyl halides is 3. The van der Waals surface area contributed by atoms with E-state index in [2.05, 4.69) is 9.88 Å². The van der Waals surface area contributed by atoms with E-state index >= 15 is 0 Å². The van der Waals surface area contributed by atoms with Gasteiger partial charge in [0.15, 0.2) is 0 Å². The third-order valence-corrected chi connectivity index (χ3v) is 8.52. The molecule has 0 spiro atoms. The van der Waals surface area contributed by atoms with Crippen molar-refractivity contribution in [1.82, 2.24) is 9.29 Å². The molecule has 10 heteroatoms. The van der Waals surface area contributed by atoms with Crippen molar-refractivity contribution in [3.8, 4) is 0 Å². The minimum absolute atomic E-state index is 0.134. The van der Waals surface area contributed by atoms with E-state index in [0.29, 0.717) is 27.8 Å². The number of nitrogen functional groups attached to an aromatic ring is 1. The van der Waals surface area contributed by atoms with Crippen LogP contribution in [0.15, 0.2) is 30.5 Å². The molecule has 1 unspecified atom stereocenters. The second-order valence-electron chi connectivity index (χ2n) is 9.43. The van der Waals surface area contributed by atoms with E-state index in [9.17, 15) is 21.6 Å². The molecule has 2 fully saturated rings. The number of anilines is 2. The van der Waals surface area contributed by atoms with Gasteiger partial charge in [-0.15, -0.1) is 0 Å². The third kappa shape index (κ3) is 4.19. The van der Waals surface area contributed by atoms with Crippen LogP contribution in [0.5, 0.6) is 0 Å². The van der Waals surface area contributed by atoms with Gasteiger partial charge in [-0.25, -0.2) is 8.42 Å². The monoisotopic (exact) mass is 480 g/mol. The molecular weight excluding hydrogens is 453 g/mol. The molecule has 2 aromatic rings. The van der Waals surface area contributed by atoms with Crippen LogP contribution in [0.1, 0.15) is 54.0 Å². The van der Waals surface area contributed by atoms with Crippen LogP contribution < -0.4 is 10.6 Å². The quantitative estimate of drug-likeness (QED) is 0.690. The fourth-order valence-corrected chi connectivity index (χ4v) is 5.74. The Morgan fingerprint density at radius 2 is 1.91 bits per heavy atom. The van der Waals surface area contributed by atoms with Crippen LogP contribution in [-0.2, 0) is 23.1 Å². The Kier molecular flexibility index (Phi) is 5.36. The van der Waals surface area contributed by atoms with Crippen LogP contribution in [0.2, 0.25) is 0 Å². The van der Waals surface area contributed by atoms with Crippen LogP contribution >= 0.6 is 0 Å². The fraction of sp³-hybridized carbons (Fsp3) is 0.522. The van der Waals surface area contributed by atoms with Crippen LogP contribution in [0.4, 0.5) is 24.5 Å². The number of hydrogen-bond acceptors (Lipinski definition) is 5. The molecule has 0 bridgehead atoms. The van der Waals surface area contributed by atoms with Crippen molar-refractivity contribution in [2.45, 2.75) is 63.2 Å². The minimum atomic E-state index is -5.46. The van der Waals surface area contributed by atoms with E-state index in [4.69, 9.17) is 5.73 Å². The molecule has 0 saturated heterocycles. The first-order valence-corrected chi connectivity index (χ1v) is 12.7. The molecular formula is C23H27F3N4O2S. The number of hydrogen-bond donors (Lipinski definition) is 1. The van der Waals surface area contributed by atoms with Crippen molar-refractivity contribution in [2.75, 3.05) is 17.2 Å². The lowest BCUT2D eigenvalue weighted by atomic mass is 9.99. The predicted octanol–water partition coefficient (Wildman–Crippen LogP) is 4.30. The summed E-state index contributed by atoms with van der Waals surface area (Å²) in [6, 6.07) is 7.17. The summed E-state index contributed by atoms with van der Waals surface area (Å²) >= 11 is 0. The number of nitrogens with zero attached hydrogens (tertiary/aromatic N) is 3. The zero-order chi connectivity index (χ0) is 23.5. The highest BCUT2D eigenvalue weighted by molar-refractivity contribution is 7.89. The molecule has 2 heterocycles. The molecule has 0 amide bonds. The van der Waals surface area contributed by atoms with E-state index < -0.39 is 15.5 Å². The Labute approximate surface area is 191 Å². The molecule has 33 heavy (non-hydrogen) atoms. The van der Waals surface area contributed by atoms with Gasteiger partial charge in [0.1, 0.15) is 0 Å². The first-order chi connectivity index (χ1) is 15.6. The first kappa shape index (κ1) is 22.5. The third-order valence-electron chi connectivity index (χ3n) is 6.97. The molecule has 2 N–H and O–H groups in total. The van der Waals surface area contributed by atoms with Gasteiger partial charge in [0.25, 0.3) is 0 Å². The summed E-state index contributed by atoms with van der Waals surface area (Å²) in [7, 11) is -5.46. The number of sulfonamides is 1. The van der Waals surface area contributed by atoms with E-state index in [1.807, 2.05) is 25.1 Å². The van der Waals surface area contributed by atoms with Gasteiger partial charge in [0.05, 0.1) is 12.2 Å². The molecule has 0 radical (unpaired) electrons. The topological polar surface area (TPSA) is 79.5 Å². The van der Waals surface area contributed by atoms with Gasteiger partial charge in [-0.2, -0.15) is 17.5 Å². The summed E-state index contributed by atoms with van der Waals surface area (Å²) in [4.78, 5) is 6.57. The highest BCUT2D eigenvalue weighted by Gasteiger charge is 2.53. The number of benzene rings is 1. The van der Waals surface area contributed by atoms with E-state index in [1.54, 1.807) is 12.3 Å². The maximum Gasteiger partial charge on any atom is 0.511 e. The normalized spacial score (nSPS) is 22.2. The number of rotatable bonds is 5. The summed E-state index contributed by atoms with van der Waals surface area (Å²) < 4.78 is 66.6. The lowest BCUT2D eigenvalue weighted by Gasteiger charge is -2.34. The van der Waals surface area contributed by atoms with Crippen LogP contribution in [0.3, 0.4) is 0 Å². The van der Waals surface area contributed by atoms with Crippen molar-refractivity contribution in [3.05, 3.63) is 52.8 Å². The lowest BCUT2D eigenvalue weighted by molar-refractivity contribution is -0.0492. The molecule has 178 valence electrons. The molecule has 2 aliphatic carbocycles. The van der Waals surface area contributed by atoms with E-state index in [1.165, 1.54) is 0 Å². The number of aryl methyl sites for hydroxylation is 1. The molecule has 6 nitrogen and oxygen atoms in total. The molecule has 1 aromatic carbocycles. The highest BCUT2D eigenvalue weighted by Crippen LogP contribution is 2.48. The smallest absolute Gasteiger partial charge is 0.398 e. The van der Waals surface area contributed by atoms with Gasteiger partial charge in [-0.3, -0.25) is 4.98 Å². The predicted molar refractivity (Wildman–Crippen MR) is 120 cm³/mol. The average Bonchev–Trinajstić information content (AvgIpc) is 3.62. The van der Waals surface area contributed by atoms with Crippen LogP contribution in [0, 0.1) is 12.8 Å². The standard InChI is InChI=1S/C23H27F3N4O2S/c1-14-10-28-17(9-20(14)27)11-30-21-4-2-3-18(15-5-6-15)19(21)12-29(13-22(30)16-7-8-16)33(31,32)23(24,25)26/h2-4,9-10,15-16,22H,5-8,11-13H2,1H3,(H2,27,28). The van der Waals surface area contributed by atoms with Crippen molar-refractivity contribution in [1.29, 1.82) is 0 Å². The fourth-order valence-electron chi connectivity index (χ4n) is 4.80. The summed E-state index contributed by atoms with van der Waals surface area (Å²) in [5, 5.41) is 0. The number of aromatic nitrogens is 1. The maximum atomic E-state index is 13.6. The molecule has 5 rings (SSSR count). The summed E-state index contributed by atoms with van der Waals surface area (Å²) in [5.41, 5.74) is 5.35. The SMILES string of the molecule is Cc1cnc(CN2c3cccc(C4CC4)c3CN(S(=O)(=O)C(F)(F)F)CC2C2CC2)cc1N. The highest BCUT2D eigenvalue weighted by atomic mass is 32.2. The van der Waals surface area contributed by atoms with Crippen LogP contribution in [0.25, 0.3) is 0 Å². The Balaban J connectivity index is 1.63. The van der Waals surface area contributed by atoms with Gasteiger partial charge in [-0.1, -0.05) is 12.1 Å². The van der Waals surface area contributed by atoms with Gasteiger partial charge in [0.2, 0.25) is 0 Å². The average molecular weight is 481 g/mol. The number of fused-ring (bicyclic) bond motifs is 1.